The predicted molar refractivity (Wildman–Crippen MR) is 58.5 cm³/mol. The van der Waals surface area contributed by atoms with Gasteiger partial charge in [0.05, 0.1) is 18.0 Å². The lowest BCUT2D eigenvalue weighted by Gasteiger charge is -2.02. The van der Waals surface area contributed by atoms with Gasteiger partial charge in [0.1, 0.15) is 0 Å². The topological polar surface area (TPSA) is 120 Å². The average molecular weight is 259 g/mol. The van der Waals surface area contributed by atoms with Gasteiger partial charge in [0.2, 0.25) is 10.0 Å². The molecule has 1 heterocycles. The van der Waals surface area contributed by atoms with Crippen molar-refractivity contribution in [2.45, 2.75) is 24.6 Å². The number of nitrogens with two attached hydrogens (primary N) is 1. The second-order valence-electron chi connectivity index (χ2n) is 3.83. The Morgan fingerprint density at radius 3 is 2.88 bits per heavy atom. The summed E-state index contributed by atoms with van der Waals surface area (Å²) in [6.45, 7) is 0.792. The quantitative estimate of drug-likeness (QED) is 0.661. The average Bonchev–Trinajstić information content (AvgIpc) is 3.01. The van der Waals surface area contributed by atoms with E-state index in [4.69, 9.17) is 5.73 Å². The summed E-state index contributed by atoms with van der Waals surface area (Å²) in [5.74, 6) is -0.750. The zero-order valence-corrected chi connectivity index (χ0v) is 9.85. The van der Waals surface area contributed by atoms with E-state index in [1.807, 2.05) is 4.72 Å². The number of carbonyl (C=O) groups is 1. The van der Waals surface area contributed by atoms with Gasteiger partial charge in [-0.2, -0.15) is 0 Å². The fourth-order valence-corrected chi connectivity index (χ4v) is 2.57. The van der Waals surface area contributed by atoms with Crippen molar-refractivity contribution in [3.05, 3.63) is 11.9 Å². The van der Waals surface area contributed by atoms with E-state index in [1.54, 1.807) is 0 Å². The van der Waals surface area contributed by atoms with Crippen LogP contribution in [0.5, 0.6) is 0 Å². The molecule has 1 amide bonds. The molecule has 1 saturated carbocycles. The molecule has 0 atom stereocenters. The fourth-order valence-electron chi connectivity index (χ4n) is 1.29. The summed E-state index contributed by atoms with van der Waals surface area (Å²) >= 11 is 0. The molecule has 17 heavy (non-hydrogen) atoms. The van der Waals surface area contributed by atoms with Crippen LogP contribution in [-0.2, 0) is 16.6 Å². The Bertz CT molecular complexity index is 519. The van der Waals surface area contributed by atoms with Crippen molar-refractivity contribution in [3.8, 4) is 0 Å². The highest BCUT2D eigenvalue weighted by Crippen LogP contribution is 2.27. The minimum absolute atomic E-state index is 0.0253. The molecule has 0 saturated heterocycles. The lowest BCUT2D eigenvalue weighted by molar-refractivity contribution is 0.0976. The normalized spacial score (nSPS) is 15.8. The van der Waals surface area contributed by atoms with Crippen LogP contribution in [0.4, 0.5) is 0 Å². The fraction of sp³-hybridized carbons (Fsp3) is 0.625. The molecule has 3 N–H and O–H groups in total. The molecular formula is C8H13N5O3S. The van der Waals surface area contributed by atoms with E-state index in [2.05, 4.69) is 10.3 Å². The smallest absolute Gasteiger partial charge is 0.286 e. The number of nitrogens with zero attached hydrogens (tertiary/aromatic N) is 3. The van der Waals surface area contributed by atoms with Gasteiger partial charge in [0.15, 0.2) is 5.69 Å². The second-order valence-corrected chi connectivity index (χ2v) is 5.79. The van der Waals surface area contributed by atoms with E-state index in [9.17, 15) is 13.2 Å². The molecule has 0 aliphatic heterocycles. The molecule has 1 aliphatic carbocycles. The Balaban J connectivity index is 2.03. The number of nitrogens with one attached hydrogen (secondary N) is 1. The van der Waals surface area contributed by atoms with Gasteiger partial charge in [-0.05, 0) is 12.8 Å². The van der Waals surface area contributed by atoms with Crippen LogP contribution in [0.25, 0.3) is 0 Å². The number of sulfonamides is 1. The van der Waals surface area contributed by atoms with Gasteiger partial charge < -0.3 is 5.73 Å². The van der Waals surface area contributed by atoms with Crippen molar-refractivity contribution in [1.29, 1.82) is 0 Å². The number of rotatable bonds is 5. The van der Waals surface area contributed by atoms with Crippen LogP contribution in [0.3, 0.4) is 0 Å². The van der Waals surface area contributed by atoms with Gasteiger partial charge in [-0.15, -0.1) is 5.10 Å². The largest absolute Gasteiger partial charge is 0.329 e. The van der Waals surface area contributed by atoms with Crippen LogP contribution in [-0.4, -0.2) is 41.1 Å². The molecule has 1 aliphatic rings. The zero-order valence-electron chi connectivity index (χ0n) is 9.04. The van der Waals surface area contributed by atoms with Gasteiger partial charge in [0, 0.05) is 6.54 Å². The predicted octanol–water partition coefficient (Wildman–Crippen LogP) is -1.54. The van der Waals surface area contributed by atoms with Crippen molar-refractivity contribution < 1.29 is 13.2 Å². The van der Waals surface area contributed by atoms with Crippen LogP contribution < -0.4 is 10.5 Å². The first kappa shape index (κ1) is 12.0. The maximum Gasteiger partial charge on any atom is 0.286 e. The lowest BCUT2D eigenvalue weighted by atomic mass is 10.5. The van der Waals surface area contributed by atoms with Crippen molar-refractivity contribution in [2.24, 2.45) is 5.73 Å². The molecule has 2 rings (SSSR count). The number of amides is 1. The van der Waals surface area contributed by atoms with Crippen molar-refractivity contribution in [3.63, 3.8) is 0 Å². The third-order valence-corrected chi connectivity index (χ3v) is 4.15. The summed E-state index contributed by atoms with van der Waals surface area (Å²) in [6.07, 6.45) is 2.57. The summed E-state index contributed by atoms with van der Waals surface area (Å²) in [7, 11) is -3.54. The first-order chi connectivity index (χ1) is 8.03. The Morgan fingerprint density at radius 2 is 2.29 bits per heavy atom. The van der Waals surface area contributed by atoms with E-state index in [0.29, 0.717) is 25.9 Å². The zero-order chi connectivity index (χ0) is 12.5. The molecule has 0 aromatic carbocycles. The summed E-state index contributed by atoms with van der Waals surface area (Å²) in [5.41, 5.74) is 5.29. The molecule has 0 unspecified atom stereocenters. The number of hydrogen-bond donors (Lipinski definition) is 2. The van der Waals surface area contributed by atoms with E-state index >= 15 is 0 Å². The maximum absolute atomic E-state index is 11.6. The van der Waals surface area contributed by atoms with Crippen LogP contribution in [0.1, 0.15) is 23.3 Å². The van der Waals surface area contributed by atoms with Gasteiger partial charge in [0.25, 0.3) is 5.91 Å². The summed E-state index contributed by atoms with van der Waals surface area (Å²) < 4.78 is 26.4. The summed E-state index contributed by atoms with van der Waals surface area (Å²) in [4.78, 5) is 11.6. The van der Waals surface area contributed by atoms with Gasteiger partial charge in [-0.1, -0.05) is 5.21 Å². The van der Waals surface area contributed by atoms with Crippen molar-refractivity contribution in [2.75, 3.05) is 6.54 Å². The van der Waals surface area contributed by atoms with Crippen LogP contribution >= 0.6 is 0 Å². The molecule has 9 heteroatoms. The second kappa shape index (κ2) is 4.41. The minimum Gasteiger partial charge on any atom is -0.329 e. The van der Waals surface area contributed by atoms with Gasteiger partial charge >= 0.3 is 0 Å². The summed E-state index contributed by atoms with van der Waals surface area (Å²) in [5, 5.41) is 6.79. The molecule has 94 valence electrons. The molecule has 8 nitrogen and oxygen atoms in total. The Labute approximate surface area is 98.2 Å². The van der Waals surface area contributed by atoms with E-state index in [1.165, 1.54) is 10.9 Å². The standard InChI is InChI=1S/C8H13N5O3S/c9-3-4-13-5-7(10-12-13)8(14)11-17(15,16)6-1-2-6/h5-6H,1-4,9H2,(H,11,14). The highest BCUT2D eigenvalue weighted by Gasteiger charge is 2.37. The molecule has 1 aromatic heterocycles. The van der Waals surface area contributed by atoms with Crippen LogP contribution in [0.15, 0.2) is 6.20 Å². The maximum atomic E-state index is 11.6. The Kier molecular flexibility index (Phi) is 3.11. The number of aromatic nitrogens is 3. The van der Waals surface area contributed by atoms with Crippen molar-refractivity contribution >= 4 is 15.9 Å². The third kappa shape index (κ3) is 2.80. The monoisotopic (exact) mass is 259 g/mol. The minimum atomic E-state index is -3.54. The van der Waals surface area contributed by atoms with Gasteiger partial charge in [-0.25, -0.2) is 13.1 Å². The molecule has 1 fully saturated rings. The molecule has 1 aromatic rings. The Hall–Kier alpha value is -1.48. The van der Waals surface area contributed by atoms with Gasteiger partial charge in [-0.3, -0.25) is 9.48 Å². The first-order valence-electron chi connectivity index (χ1n) is 5.19. The van der Waals surface area contributed by atoms with Crippen LogP contribution in [0, 0.1) is 0 Å². The summed E-state index contributed by atoms with van der Waals surface area (Å²) in [6, 6.07) is 0. The molecule has 0 radical (unpaired) electrons. The van der Waals surface area contributed by atoms with E-state index in [0.717, 1.165) is 0 Å². The Morgan fingerprint density at radius 1 is 1.59 bits per heavy atom. The van der Waals surface area contributed by atoms with Crippen LogP contribution in [0.2, 0.25) is 0 Å². The SMILES string of the molecule is NCCn1cc(C(=O)NS(=O)(=O)C2CC2)nn1. The highest BCUT2D eigenvalue weighted by molar-refractivity contribution is 7.91. The first-order valence-corrected chi connectivity index (χ1v) is 6.74. The number of hydrogen-bond acceptors (Lipinski definition) is 6. The van der Waals surface area contributed by atoms with Crippen molar-refractivity contribution in [1.82, 2.24) is 19.7 Å². The van der Waals surface area contributed by atoms with E-state index in [-0.39, 0.29) is 5.69 Å². The molecule has 0 bridgehead atoms. The molecular weight excluding hydrogens is 246 g/mol. The molecule has 0 spiro atoms. The highest BCUT2D eigenvalue weighted by atomic mass is 32.2. The van der Waals surface area contributed by atoms with E-state index < -0.39 is 21.2 Å². The lowest BCUT2D eigenvalue weighted by Crippen LogP contribution is -2.33. The third-order valence-electron chi connectivity index (χ3n) is 2.33. The number of carbonyl (C=O) groups excluding carboxylic acids is 1.